The summed E-state index contributed by atoms with van der Waals surface area (Å²) >= 11 is 0. The highest BCUT2D eigenvalue weighted by molar-refractivity contribution is 5.08. The summed E-state index contributed by atoms with van der Waals surface area (Å²) < 4.78 is 0. The Balaban J connectivity index is 2.77. The molecule has 1 saturated heterocycles. The van der Waals surface area contributed by atoms with E-state index in [0.29, 0.717) is 5.92 Å². The van der Waals surface area contributed by atoms with E-state index in [1.165, 1.54) is 32.1 Å². The van der Waals surface area contributed by atoms with Gasteiger partial charge in [-0.15, -0.1) is 0 Å². The SMILES string of the molecule is CCC(C)CC(C#N)(CC)N1CCCCCC1. The molecule has 0 aromatic rings. The van der Waals surface area contributed by atoms with E-state index in [1.807, 2.05) is 0 Å². The number of nitriles is 1. The summed E-state index contributed by atoms with van der Waals surface area (Å²) in [7, 11) is 0. The summed E-state index contributed by atoms with van der Waals surface area (Å²) in [5, 5.41) is 9.67. The van der Waals surface area contributed by atoms with E-state index in [-0.39, 0.29) is 5.54 Å². The number of rotatable bonds is 5. The van der Waals surface area contributed by atoms with Gasteiger partial charge in [-0.2, -0.15) is 5.26 Å². The Hall–Kier alpha value is -0.550. The second kappa shape index (κ2) is 7.01. The fraction of sp³-hybridized carbons (Fsp3) is 0.933. The Bertz CT molecular complexity index is 248. The molecule has 17 heavy (non-hydrogen) atoms. The topological polar surface area (TPSA) is 27.0 Å². The fourth-order valence-corrected chi connectivity index (χ4v) is 2.91. The first-order valence-corrected chi connectivity index (χ1v) is 7.34. The number of hydrogen-bond acceptors (Lipinski definition) is 2. The molecule has 1 rings (SSSR count). The predicted octanol–water partition coefficient (Wildman–Crippen LogP) is 3.97. The molecule has 0 spiro atoms. The summed E-state index contributed by atoms with van der Waals surface area (Å²) in [6.07, 6.45) is 8.39. The average molecular weight is 236 g/mol. The van der Waals surface area contributed by atoms with Crippen LogP contribution in [-0.2, 0) is 0 Å². The second-order valence-electron chi connectivity index (χ2n) is 5.62. The zero-order valence-electron chi connectivity index (χ0n) is 11.8. The third-order valence-corrected chi connectivity index (χ3v) is 4.39. The number of hydrogen-bond donors (Lipinski definition) is 0. The maximum absolute atomic E-state index is 9.67. The maximum Gasteiger partial charge on any atom is 0.109 e. The molecule has 2 nitrogen and oxygen atoms in total. The zero-order chi connectivity index (χ0) is 12.7. The summed E-state index contributed by atoms with van der Waals surface area (Å²) in [6.45, 7) is 8.93. The van der Waals surface area contributed by atoms with Crippen molar-refractivity contribution in [1.82, 2.24) is 4.90 Å². The molecule has 2 heteroatoms. The van der Waals surface area contributed by atoms with Gasteiger partial charge in [0.05, 0.1) is 6.07 Å². The molecule has 1 heterocycles. The van der Waals surface area contributed by atoms with E-state index < -0.39 is 0 Å². The van der Waals surface area contributed by atoms with E-state index in [4.69, 9.17) is 0 Å². The molecular formula is C15H28N2. The van der Waals surface area contributed by atoms with Crippen LogP contribution < -0.4 is 0 Å². The predicted molar refractivity (Wildman–Crippen MR) is 72.7 cm³/mol. The van der Waals surface area contributed by atoms with Crippen LogP contribution in [0.15, 0.2) is 0 Å². The highest BCUT2D eigenvalue weighted by atomic mass is 15.2. The van der Waals surface area contributed by atoms with Crippen LogP contribution in [0.25, 0.3) is 0 Å². The van der Waals surface area contributed by atoms with Crippen molar-refractivity contribution in [3.63, 3.8) is 0 Å². The Kier molecular flexibility index (Phi) is 5.98. The van der Waals surface area contributed by atoms with Crippen LogP contribution in [-0.4, -0.2) is 23.5 Å². The number of nitrogens with zero attached hydrogens (tertiary/aromatic N) is 2. The van der Waals surface area contributed by atoms with Crippen LogP contribution in [0.5, 0.6) is 0 Å². The van der Waals surface area contributed by atoms with Crippen molar-refractivity contribution in [2.24, 2.45) is 5.92 Å². The van der Waals surface area contributed by atoms with E-state index in [0.717, 1.165) is 25.9 Å². The molecule has 2 atom stereocenters. The van der Waals surface area contributed by atoms with Gasteiger partial charge in [0.1, 0.15) is 5.54 Å². The van der Waals surface area contributed by atoms with Gasteiger partial charge in [-0.1, -0.05) is 40.0 Å². The third kappa shape index (κ3) is 3.71. The molecule has 1 fully saturated rings. The molecule has 2 unspecified atom stereocenters. The summed E-state index contributed by atoms with van der Waals surface area (Å²) in [5.41, 5.74) is -0.195. The lowest BCUT2D eigenvalue weighted by atomic mass is 9.84. The highest BCUT2D eigenvalue weighted by Gasteiger charge is 2.36. The minimum absolute atomic E-state index is 0.195. The molecule has 0 aromatic heterocycles. The molecule has 0 aliphatic carbocycles. The Morgan fingerprint density at radius 3 is 2.18 bits per heavy atom. The average Bonchev–Trinajstić information content (AvgIpc) is 2.65. The van der Waals surface area contributed by atoms with Gasteiger partial charge in [0.25, 0.3) is 0 Å². The van der Waals surface area contributed by atoms with Crippen LogP contribution in [0.2, 0.25) is 0 Å². The van der Waals surface area contributed by atoms with Crippen LogP contribution in [0.1, 0.15) is 65.7 Å². The third-order valence-electron chi connectivity index (χ3n) is 4.39. The number of likely N-dealkylation sites (tertiary alicyclic amines) is 1. The molecule has 0 aromatic carbocycles. The highest BCUT2D eigenvalue weighted by Crippen LogP contribution is 2.30. The van der Waals surface area contributed by atoms with Crippen molar-refractivity contribution in [2.45, 2.75) is 71.3 Å². The van der Waals surface area contributed by atoms with Gasteiger partial charge in [-0.3, -0.25) is 4.90 Å². The minimum Gasteiger partial charge on any atom is -0.286 e. The van der Waals surface area contributed by atoms with Crippen LogP contribution in [0.3, 0.4) is 0 Å². The van der Waals surface area contributed by atoms with Crippen LogP contribution in [0.4, 0.5) is 0 Å². The Labute approximate surface area is 107 Å². The van der Waals surface area contributed by atoms with Crippen LogP contribution in [0, 0.1) is 17.2 Å². The molecule has 0 amide bonds. The lowest BCUT2D eigenvalue weighted by molar-refractivity contribution is 0.111. The summed E-state index contributed by atoms with van der Waals surface area (Å²) in [5.74, 6) is 0.651. The van der Waals surface area contributed by atoms with E-state index in [2.05, 4.69) is 31.7 Å². The first-order chi connectivity index (χ1) is 8.18. The van der Waals surface area contributed by atoms with E-state index in [1.54, 1.807) is 0 Å². The molecular weight excluding hydrogens is 208 g/mol. The minimum atomic E-state index is -0.195. The molecule has 1 aliphatic rings. The lowest BCUT2D eigenvalue weighted by Gasteiger charge is -2.39. The lowest BCUT2D eigenvalue weighted by Crippen LogP contribution is -2.48. The second-order valence-corrected chi connectivity index (χ2v) is 5.62. The standard InChI is InChI=1S/C15H28N2/c1-4-14(3)12-15(5-2,13-16)17-10-8-6-7-9-11-17/h14H,4-12H2,1-3H3. The normalized spacial score (nSPS) is 23.4. The molecule has 98 valence electrons. The monoisotopic (exact) mass is 236 g/mol. The van der Waals surface area contributed by atoms with Gasteiger partial charge in [0.15, 0.2) is 0 Å². The molecule has 0 bridgehead atoms. The summed E-state index contributed by atoms with van der Waals surface area (Å²) in [4.78, 5) is 2.48. The maximum atomic E-state index is 9.67. The molecule has 1 aliphatic heterocycles. The molecule has 0 radical (unpaired) electrons. The van der Waals surface area contributed by atoms with Gasteiger partial charge in [0, 0.05) is 0 Å². The van der Waals surface area contributed by atoms with E-state index >= 15 is 0 Å². The Morgan fingerprint density at radius 2 is 1.76 bits per heavy atom. The van der Waals surface area contributed by atoms with E-state index in [9.17, 15) is 5.26 Å². The smallest absolute Gasteiger partial charge is 0.109 e. The van der Waals surface area contributed by atoms with Crippen molar-refractivity contribution < 1.29 is 0 Å². The fourth-order valence-electron chi connectivity index (χ4n) is 2.91. The summed E-state index contributed by atoms with van der Waals surface area (Å²) in [6, 6.07) is 2.65. The largest absolute Gasteiger partial charge is 0.286 e. The van der Waals surface area contributed by atoms with Crippen molar-refractivity contribution in [1.29, 1.82) is 5.26 Å². The van der Waals surface area contributed by atoms with Crippen molar-refractivity contribution >= 4 is 0 Å². The van der Waals surface area contributed by atoms with Crippen molar-refractivity contribution in [2.75, 3.05) is 13.1 Å². The van der Waals surface area contributed by atoms with Crippen LogP contribution >= 0.6 is 0 Å². The zero-order valence-corrected chi connectivity index (χ0v) is 11.8. The van der Waals surface area contributed by atoms with Crippen molar-refractivity contribution in [3.05, 3.63) is 0 Å². The van der Waals surface area contributed by atoms with Crippen molar-refractivity contribution in [3.8, 4) is 6.07 Å². The Morgan fingerprint density at radius 1 is 1.18 bits per heavy atom. The molecule has 0 N–H and O–H groups in total. The quantitative estimate of drug-likeness (QED) is 0.722. The van der Waals surface area contributed by atoms with Gasteiger partial charge in [0.2, 0.25) is 0 Å². The van der Waals surface area contributed by atoms with Gasteiger partial charge >= 0.3 is 0 Å². The van der Waals surface area contributed by atoms with Gasteiger partial charge in [-0.25, -0.2) is 0 Å². The van der Waals surface area contributed by atoms with Gasteiger partial charge < -0.3 is 0 Å². The first kappa shape index (κ1) is 14.5. The first-order valence-electron chi connectivity index (χ1n) is 7.34. The van der Waals surface area contributed by atoms with Gasteiger partial charge in [-0.05, 0) is 44.7 Å². The molecule has 0 saturated carbocycles.